The van der Waals surface area contributed by atoms with E-state index in [0.717, 1.165) is 12.2 Å². The number of nitrogens with zero attached hydrogens (tertiary/aromatic N) is 3. The molecule has 0 amide bonds. The predicted molar refractivity (Wildman–Crippen MR) is 56.0 cm³/mol. The van der Waals surface area contributed by atoms with Crippen LogP contribution in [0, 0.1) is 0 Å². The Balaban J connectivity index is 1.95. The first-order chi connectivity index (χ1) is 6.75. The molecule has 0 aliphatic carbocycles. The van der Waals surface area contributed by atoms with E-state index in [4.69, 9.17) is 4.52 Å². The molecule has 1 aromatic heterocycles. The minimum atomic E-state index is 0.478. The van der Waals surface area contributed by atoms with Crippen molar-refractivity contribution >= 4 is 15.9 Å². The normalized spacial score (nSPS) is 24.0. The fourth-order valence-corrected chi connectivity index (χ4v) is 2.21. The Labute approximate surface area is 91.8 Å². The van der Waals surface area contributed by atoms with Gasteiger partial charge < -0.3 is 9.42 Å². The first kappa shape index (κ1) is 10.1. The quantitative estimate of drug-likeness (QED) is 0.814. The lowest BCUT2D eigenvalue weighted by molar-refractivity contribution is 0.181. The molecule has 4 nitrogen and oxygen atoms in total. The number of hydrogen-bond acceptors (Lipinski definition) is 4. The second-order valence-electron chi connectivity index (χ2n) is 3.80. The van der Waals surface area contributed by atoms with Crippen molar-refractivity contribution in [3.63, 3.8) is 0 Å². The number of piperidine rings is 1. The van der Waals surface area contributed by atoms with Crippen molar-refractivity contribution < 1.29 is 4.52 Å². The van der Waals surface area contributed by atoms with Crippen molar-refractivity contribution in [2.75, 3.05) is 13.6 Å². The topological polar surface area (TPSA) is 42.2 Å². The lowest BCUT2D eigenvalue weighted by Gasteiger charge is -2.31. The standard InChI is InChI=1S/C9H14BrN3O/c1-13-5-3-2-4-7(13)6-8-11-9(10)14-12-8/h7H,2-6H2,1H3. The first-order valence-electron chi connectivity index (χ1n) is 4.94. The Bertz CT molecular complexity index is 302. The van der Waals surface area contributed by atoms with E-state index in [-0.39, 0.29) is 0 Å². The molecule has 1 fully saturated rings. The summed E-state index contributed by atoms with van der Waals surface area (Å²) in [6, 6.07) is 0.577. The Morgan fingerprint density at radius 1 is 1.57 bits per heavy atom. The van der Waals surface area contributed by atoms with Gasteiger partial charge in [-0.15, -0.1) is 0 Å². The lowest BCUT2D eigenvalue weighted by atomic mass is 10.00. The second kappa shape index (κ2) is 4.40. The maximum absolute atomic E-state index is 4.88. The van der Waals surface area contributed by atoms with Crippen molar-refractivity contribution in [2.24, 2.45) is 0 Å². The summed E-state index contributed by atoms with van der Waals surface area (Å²) in [6.07, 6.45) is 4.76. The summed E-state index contributed by atoms with van der Waals surface area (Å²) in [7, 11) is 2.17. The van der Waals surface area contributed by atoms with Crippen molar-refractivity contribution in [3.8, 4) is 0 Å². The van der Waals surface area contributed by atoms with Crippen LogP contribution in [0.4, 0.5) is 0 Å². The fourth-order valence-electron chi connectivity index (χ4n) is 1.93. The molecule has 2 rings (SSSR count). The average molecular weight is 260 g/mol. The van der Waals surface area contributed by atoms with E-state index in [0.29, 0.717) is 10.8 Å². The van der Waals surface area contributed by atoms with Crippen LogP contribution in [-0.4, -0.2) is 34.7 Å². The molecular formula is C9H14BrN3O. The molecule has 1 aromatic rings. The molecule has 1 aliphatic heterocycles. The van der Waals surface area contributed by atoms with Gasteiger partial charge >= 0.3 is 0 Å². The van der Waals surface area contributed by atoms with Crippen LogP contribution in [0.2, 0.25) is 0 Å². The predicted octanol–water partition coefficient (Wildman–Crippen LogP) is 1.86. The highest BCUT2D eigenvalue weighted by molar-refractivity contribution is 9.10. The van der Waals surface area contributed by atoms with E-state index in [1.54, 1.807) is 0 Å². The molecule has 1 aliphatic rings. The highest BCUT2D eigenvalue weighted by Gasteiger charge is 2.21. The van der Waals surface area contributed by atoms with Gasteiger partial charge in [0.1, 0.15) is 0 Å². The number of rotatable bonds is 2. The van der Waals surface area contributed by atoms with Crippen LogP contribution in [0.5, 0.6) is 0 Å². The molecule has 0 N–H and O–H groups in total. The Kier molecular flexibility index (Phi) is 3.18. The number of aromatic nitrogens is 2. The minimum Gasteiger partial charge on any atom is -0.327 e. The van der Waals surface area contributed by atoms with Gasteiger partial charge in [0.2, 0.25) is 0 Å². The van der Waals surface area contributed by atoms with E-state index in [2.05, 4.69) is 38.0 Å². The van der Waals surface area contributed by atoms with Crippen LogP contribution in [0.25, 0.3) is 0 Å². The Hall–Kier alpha value is -0.420. The summed E-state index contributed by atoms with van der Waals surface area (Å²) in [5, 5.41) is 3.88. The zero-order chi connectivity index (χ0) is 9.97. The van der Waals surface area contributed by atoms with Crippen molar-refractivity contribution in [2.45, 2.75) is 31.7 Å². The Morgan fingerprint density at radius 3 is 3.07 bits per heavy atom. The van der Waals surface area contributed by atoms with Gasteiger partial charge in [-0.3, -0.25) is 0 Å². The van der Waals surface area contributed by atoms with Gasteiger partial charge in [-0.1, -0.05) is 11.6 Å². The maximum atomic E-state index is 4.88. The molecule has 0 radical (unpaired) electrons. The first-order valence-corrected chi connectivity index (χ1v) is 5.73. The number of likely N-dealkylation sites (tertiary alicyclic amines) is 1. The highest BCUT2D eigenvalue weighted by atomic mass is 79.9. The Morgan fingerprint density at radius 2 is 2.43 bits per heavy atom. The van der Waals surface area contributed by atoms with Gasteiger partial charge in [0.15, 0.2) is 5.82 Å². The summed E-state index contributed by atoms with van der Waals surface area (Å²) in [4.78, 5) is 7.01. The zero-order valence-corrected chi connectivity index (χ0v) is 9.83. The van der Waals surface area contributed by atoms with Crippen LogP contribution in [-0.2, 0) is 6.42 Å². The summed E-state index contributed by atoms with van der Waals surface area (Å²) in [5.74, 6) is 0.802. The SMILES string of the molecule is CN1CCCCC1Cc1noc(Br)n1. The molecular weight excluding hydrogens is 246 g/mol. The molecule has 1 atom stereocenters. The van der Waals surface area contributed by atoms with Crippen molar-refractivity contribution in [1.29, 1.82) is 0 Å². The van der Waals surface area contributed by atoms with Gasteiger partial charge in [-0.2, -0.15) is 4.98 Å². The van der Waals surface area contributed by atoms with E-state index < -0.39 is 0 Å². The third-order valence-corrected chi connectivity index (χ3v) is 3.11. The lowest BCUT2D eigenvalue weighted by Crippen LogP contribution is -2.37. The van der Waals surface area contributed by atoms with Crippen LogP contribution < -0.4 is 0 Å². The van der Waals surface area contributed by atoms with E-state index in [9.17, 15) is 0 Å². The fraction of sp³-hybridized carbons (Fsp3) is 0.778. The molecule has 0 bridgehead atoms. The smallest absolute Gasteiger partial charge is 0.293 e. The molecule has 0 aromatic carbocycles. The molecule has 14 heavy (non-hydrogen) atoms. The summed E-state index contributed by atoms with van der Waals surface area (Å²) in [5.41, 5.74) is 0. The average Bonchev–Trinajstić information content (AvgIpc) is 2.56. The molecule has 2 heterocycles. The summed E-state index contributed by atoms with van der Waals surface area (Å²) < 4.78 is 4.88. The largest absolute Gasteiger partial charge is 0.327 e. The molecule has 78 valence electrons. The van der Waals surface area contributed by atoms with Crippen molar-refractivity contribution in [1.82, 2.24) is 15.0 Å². The summed E-state index contributed by atoms with van der Waals surface area (Å²) >= 11 is 3.16. The monoisotopic (exact) mass is 259 g/mol. The molecule has 1 saturated heterocycles. The summed E-state index contributed by atoms with van der Waals surface area (Å²) in [6.45, 7) is 1.18. The molecule has 5 heteroatoms. The van der Waals surface area contributed by atoms with E-state index in [1.807, 2.05) is 0 Å². The highest BCUT2D eigenvalue weighted by Crippen LogP contribution is 2.18. The van der Waals surface area contributed by atoms with Gasteiger partial charge in [0, 0.05) is 28.4 Å². The van der Waals surface area contributed by atoms with Crippen LogP contribution in [0.15, 0.2) is 9.32 Å². The van der Waals surface area contributed by atoms with Crippen molar-refractivity contribution in [3.05, 3.63) is 10.6 Å². The van der Waals surface area contributed by atoms with Crippen LogP contribution in [0.3, 0.4) is 0 Å². The van der Waals surface area contributed by atoms with E-state index in [1.165, 1.54) is 25.8 Å². The van der Waals surface area contributed by atoms with E-state index >= 15 is 0 Å². The zero-order valence-electron chi connectivity index (χ0n) is 8.24. The van der Waals surface area contributed by atoms with Crippen LogP contribution in [0.1, 0.15) is 25.1 Å². The number of likely N-dealkylation sites (N-methyl/N-ethyl adjacent to an activating group) is 1. The third-order valence-electron chi connectivity index (χ3n) is 2.78. The number of halogens is 1. The second-order valence-corrected chi connectivity index (χ2v) is 4.48. The van der Waals surface area contributed by atoms with Gasteiger partial charge in [-0.05, 0) is 26.4 Å². The third kappa shape index (κ3) is 2.33. The molecule has 0 saturated carbocycles. The molecule has 1 unspecified atom stereocenters. The van der Waals surface area contributed by atoms with Gasteiger partial charge in [0.25, 0.3) is 4.80 Å². The molecule has 0 spiro atoms. The van der Waals surface area contributed by atoms with Gasteiger partial charge in [-0.25, -0.2) is 0 Å². The number of hydrogen-bond donors (Lipinski definition) is 0. The minimum absolute atomic E-state index is 0.478. The maximum Gasteiger partial charge on any atom is 0.293 e. The van der Waals surface area contributed by atoms with Gasteiger partial charge in [0.05, 0.1) is 0 Å². The van der Waals surface area contributed by atoms with Crippen LogP contribution >= 0.6 is 15.9 Å².